The van der Waals surface area contributed by atoms with Crippen LogP contribution in [0.15, 0.2) is 76.3 Å². The van der Waals surface area contributed by atoms with E-state index in [0.717, 1.165) is 41.7 Å². The van der Waals surface area contributed by atoms with Crippen LogP contribution in [0, 0.1) is 0 Å². The Bertz CT molecular complexity index is 1100. The molecule has 0 saturated carbocycles. The van der Waals surface area contributed by atoms with Gasteiger partial charge in [-0.05, 0) is 53.8 Å². The maximum Gasteiger partial charge on any atom is 0.250 e. The van der Waals surface area contributed by atoms with Crippen molar-refractivity contribution in [2.45, 2.75) is 42.0 Å². The van der Waals surface area contributed by atoms with E-state index in [-0.39, 0.29) is 22.6 Å². The summed E-state index contributed by atoms with van der Waals surface area (Å²) in [6, 6.07) is 19.8. The summed E-state index contributed by atoms with van der Waals surface area (Å²) in [4.78, 5) is 13.2. The number of carbonyl (C=O) groups is 1. The van der Waals surface area contributed by atoms with E-state index in [1.54, 1.807) is 17.5 Å². The van der Waals surface area contributed by atoms with Crippen LogP contribution in [0.25, 0.3) is 0 Å². The Hall–Kier alpha value is -2.48. The molecule has 1 aromatic heterocycles. The lowest BCUT2D eigenvalue weighted by molar-refractivity contribution is -0.123. The molecule has 2 N–H and O–H groups in total. The van der Waals surface area contributed by atoms with Crippen LogP contribution in [0.4, 0.5) is 0 Å². The number of benzene rings is 2. The van der Waals surface area contributed by atoms with E-state index in [1.165, 1.54) is 5.56 Å². The first-order valence-electron chi connectivity index (χ1n) is 10.0. The number of sulfonamides is 1. The van der Waals surface area contributed by atoms with Crippen LogP contribution >= 0.6 is 11.3 Å². The molecule has 0 saturated heterocycles. The van der Waals surface area contributed by atoms with Gasteiger partial charge in [0.25, 0.3) is 10.0 Å². The summed E-state index contributed by atoms with van der Waals surface area (Å²) >= 11 is 1.13. The second-order valence-corrected chi connectivity index (χ2v) is 10.3. The summed E-state index contributed by atoms with van der Waals surface area (Å²) < 4.78 is 28.4. The fourth-order valence-electron chi connectivity index (χ4n) is 3.88. The number of rotatable bonds is 7. The molecule has 5 nitrogen and oxygen atoms in total. The quantitative estimate of drug-likeness (QED) is 0.586. The maximum absolute atomic E-state index is 13.2. The van der Waals surface area contributed by atoms with Gasteiger partial charge < -0.3 is 5.32 Å². The summed E-state index contributed by atoms with van der Waals surface area (Å²) in [6.07, 6.45) is 3.12. The van der Waals surface area contributed by atoms with Gasteiger partial charge in [0.05, 0.1) is 6.04 Å². The fourth-order valence-corrected chi connectivity index (χ4v) is 6.08. The highest BCUT2D eigenvalue weighted by molar-refractivity contribution is 7.91. The Morgan fingerprint density at radius 2 is 1.80 bits per heavy atom. The van der Waals surface area contributed by atoms with Crippen molar-refractivity contribution in [2.24, 2.45) is 0 Å². The van der Waals surface area contributed by atoms with Crippen molar-refractivity contribution in [3.05, 3.63) is 88.8 Å². The van der Waals surface area contributed by atoms with Gasteiger partial charge in [-0.1, -0.05) is 60.7 Å². The fraction of sp³-hybridized carbons (Fsp3) is 0.261. The van der Waals surface area contributed by atoms with Gasteiger partial charge in [0.1, 0.15) is 10.3 Å². The SMILES string of the molecule is O=C(N[C@@H]1CCCc2ccccc21)[C@@H](Cc1ccccc1)NS(=O)(=O)c1cccs1. The molecule has 2 atom stereocenters. The maximum atomic E-state index is 13.2. The number of aryl methyl sites for hydroxylation is 1. The van der Waals surface area contributed by atoms with Crippen molar-refractivity contribution < 1.29 is 13.2 Å². The molecule has 0 aliphatic heterocycles. The smallest absolute Gasteiger partial charge is 0.250 e. The summed E-state index contributed by atoms with van der Waals surface area (Å²) in [7, 11) is -3.77. The van der Waals surface area contributed by atoms with Crippen molar-refractivity contribution in [2.75, 3.05) is 0 Å². The van der Waals surface area contributed by atoms with Gasteiger partial charge in [0, 0.05) is 0 Å². The Labute approximate surface area is 181 Å². The summed E-state index contributed by atoms with van der Waals surface area (Å²) in [6.45, 7) is 0. The van der Waals surface area contributed by atoms with E-state index in [0.29, 0.717) is 0 Å². The van der Waals surface area contributed by atoms with Gasteiger partial charge in [0.15, 0.2) is 0 Å². The molecule has 3 aromatic rings. The number of fused-ring (bicyclic) bond motifs is 1. The first-order valence-corrected chi connectivity index (χ1v) is 12.4. The molecule has 1 aliphatic rings. The molecule has 2 aromatic carbocycles. The minimum Gasteiger partial charge on any atom is -0.348 e. The molecule has 0 radical (unpaired) electrons. The topological polar surface area (TPSA) is 75.3 Å². The summed E-state index contributed by atoms with van der Waals surface area (Å²) in [5.41, 5.74) is 3.26. The van der Waals surface area contributed by atoms with Gasteiger partial charge in [-0.2, -0.15) is 4.72 Å². The van der Waals surface area contributed by atoms with Gasteiger partial charge in [-0.25, -0.2) is 8.42 Å². The molecular weight excluding hydrogens is 416 g/mol. The summed E-state index contributed by atoms with van der Waals surface area (Å²) in [5.74, 6) is -0.305. The second kappa shape index (κ2) is 9.12. The van der Waals surface area contributed by atoms with Crippen molar-refractivity contribution in [1.82, 2.24) is 10.0 Å². The number of amides is 1. The van der Waals surface area contributed by atoms with E-state index in [9.17, 15) is 13.2 Å². The van der Waals surface area contributed by atoms with E-state index >= 15 is 0 Å². The highest BCUT2D eigenvalue weighted by atomic mass is 32.2. The third kappa shape index (κ3) is 4.80. The van der Waals surface area contributed by atoms with Crippen LogP contribution in [-0.4, -0.2) is 20.4 Å². The Morgan fingerprint density at radius 1 is 1.03 bits per heavy atom. The highest BCUT2D eigenvalue weighted by Crippen LogP contribution is 2.29. The number of carbonyl (C=O) groups excluding carboxylic acids is 1. The zero-order valence-corrected chi connectivity index (χ0v) is 18.1. The zero-order chi connectivity index (χ0) is 21.0. The molecule has 0 unspecified atom stereocenters. The minimum atomic E-state index is -3.77. The zero-order valence-electron chi connectivity index (χ0n) is 16.5. The molecule has 1 heterocycles. The van der Waals surface area contributed by atoms with E-state index in [4.69, 9.17) is 0 Å². The van der Waals surface area contributed by atoms with E-state index < -0.39 is 16.1 Å². The van der Waals surface area contributed by atoms with Gasteiger partial charge in [-0.15, -0.1) is 11.3 Å². The normalized spacial score (nSPS) is 17.1. The monoisotopic (exact) mass is 440 g/mol. The molecule has 30 heavy (non-hydrogen) atoms. The number of hydrogen-bond donors (Lipinski definition) is 2. The largest absolute Gasteiger partial charge is 0.348 e. The molecule has 156 valence electrons. The predicted octanol–water partition coefficient (Wildman–Crippen LogP) is 3.83. The second-order valence-electron chi connectivity index (χ2n) is 7.45. The lowest BCUT2D eigenvalue weighted by Gasteiger charge is -2.28. The highest BCUT2D eigenvalue weighted by Gasteiger charge is 2.29. The average Bonchev–Trinajstić information content (AvgIpc) is 3.30. The average molecular weight is 441 g/mol. The molecule has 0 fully saturated rings. The molecule has 7 heteroatoms. The van der Waals surface area contributed by atoms with Gasteiger partial charge in [-0.3, -0.25) is 4.79 Å². The molecule has 1 amide bonds. The number of thiophene rings is 1. The van der Waals surface area contributed by atoms with Crippen molar-refractivity contribution in [1.29, 1.82) is 0 Å². The lowest BCUT2D eigenvalue weighted by atomic mass is 9.87. The molecule has 4 rings (SSSR count). The lowest BCUT2D eigenvalue weighted by Crippen LogP contribution is -2.49. The first-order chi connectivity index (χ1) is 14.5. The molecule has 1 aliphatic carbocycles. The first kappa shape index (κ1) is 20.8. The van der Waals surface area contributed by atoms with Crippen LogP contribution < -0.4 is 10.0 Å². The Balaban J connectivity index is 1.57. The van der Waals surface area contributed by atoms with Crippen LogP contribution in [0.3, 0.4) is 0 Å². The Kier molecular flexibility index (Phi) is 6.32. The molecular formula is C23H24N2O3S2. The van der Waals surface area contributed by atoms with Crippen LogP contribution in [0.1, 0.15) is 35.6 Å². The minimum absolute atomic E-state index is 0.105. The summed E-state index contributed by atoms with van der Waals surface area (Å²) in [5, 5.41) is 4.81. The predicted molar refractivity (Wildman–Crippen MR) is 119 cm³/mol. The van der Waals surface area contributed by atoms with E-state index in [1.807, 2.05) is 48.5 Å². The molecule has 0 spiro atoms. The van der Waals surface area contributed by atoms with Crippen molar-refractivity contribution >= 4 is 27.3 Å². The van der Waals surface area contributed by atoms with Crippen molar-refractivity contribution in [3.8, 4) is 0 Å². The number of nitrogens with one attached hydrogen (secondary N) is 2. The standard InChI is InChI=1S/C23H24N2O3S2/c26-23(24-20-13-6-11-18-10-4-5-12-19(18)20)21(16-17-8-2-1-3-9-17)25-30(27,28)22-14-7-15-29-22/h1-5,7-10,12,14-15,20-21,25H,6,11,13,16H2,(H,24,26)/t20-,21-/m1/s1. The molecule has 0 bridgehead atoms. The van der Waals surface area contributed by atoms with Gasteiger partial charge >= 0.3 is 0 Å². The van der Waals surface area contributed by atoms with Crippen molar-refractivity contribution in [3.63, 3.8) is 0 Å². The Morgan fingerprint density at radius 3 is 2.57 bits per heavy atom. The van der Waals surface area contributed by atoms with E-state index in [2.05, 4.69) is 16.1 Å². The third-order valence-corrected chi connectivity index (χ3v) is 8.21. The third-order valence-electron chi connectivity index (χ3n) is 5.34. The van der Waals surface area contributed by atoms with Crippen LogP contribution in [-0.2, 0) is 27.7 Å². The number of hydrogen-bond acceptors (Lipinski definition) is 4. The van der Waals surface area contributed by atoms with Gasteiger partial charge in [0.2, 0.25) is 5.91 Å². The van der Waals surface area contributed by atoms with Crippen LogP contribution in [0.2, 0.25) is 0 Å². The van der Waals surface area contributed by atoms with Crippen LogP contribution in [0.5, 0.6) is 0 Å².